The fraction of sp³-hybridized carbons (Fsp3) is 0.417. The lowest BCUT2D eigenvalue weighted by atomic mass is 10.0. The number of rotatable bonds is 5. The van der Waals surface area contributed by atoms with E-state index in [1.165, 1.54) is 0 Å². The van der Waals surface area contributed by atoms with E-state index in [2.05, 4.69) is 17.1 Å². The van der Waals surface area contributed by atoms with Gasteiger partial charge in [0.05, 0.1) is 17.9 Å². The van der Waals surface area contributed by atoms with Gasteiger partial charge in [-0.05, 0) is 75.6 Å². The van der Waals surface area contributed by atoms with E-state index in [9.17, 15) is 9.59 Å². The standard InChI is InChI=1S/C24H29N3O3/c1-3-26-21-16-17(23(28)25-18-10-12-19(13-11-18)30-4-2)9-14-20(21)24(29)27-15-7-5-6-8-22(26)27/h9-14,16,22H,3-8,15H2,1-2H3,(H,25,28). The molecule has 1 N–H and O–H groups in total. The fourth-order valence-electron chi connectivity index (χ4n) is 4.44. The summed E-state index contributed by atoms with van der Waals surface area (Å²) in [4.78, 5) is 30.3. The van der Waals surface area contributed by atoms with Crippen LogP contribution in [0.5, 0.6) is 5.75 Å². The number of nitrogens with zero attached hydrogens (tertiary/aromatic N) is 2. The van der Waals surface area contributed by atoms with Crippen LogP contribution < -0.4 is 15.0 Å². The number of benzene rings is 2. The van der Waals surface area contributed by atoms with Gasteiger partial charge in [-0.3, -0.25) is 9.59 Å². The van der Waals surface area contributed by atoms with Crippen molar-refractivity contribution in [1.82, 2.24) is 4.90 Å². The molecule has 2 aliphatic rings. The summed E-state index contributed by atoms with van der Waals surface area (Å²) in [7, 11) is 0. The van der Waals surface area contributed by atoms with Crippen LogP contribution in [-0.2, 0) is 0 Å². The molecule has 0 aliphatic carbocycles. The normalized spacial score (nSPS) is 18.3. The topological polar surface area (TPSA) is 61.9 Å². The molecule has 0 bridgehead atoms. The Hall–Kier alpha value is -3.02. The maximum Gasteiger partial charge on any atom is 0.257 e. The highest BCUT2D eigenvalue weighted by Crippen LogP contribution is 2.35. The molecule has 158 valence electrons. The minimum absolute atomic E-state index is 0.0834. The molecular formula is C24H29N3O3. The molecule has 1 fully saturated rings. The number of hydrogen-bond acceptors (Lipinski definition) is 4. The first-order valence-electron chi connectivity index (χ1n) is 10.9. The van der Waals surface area contributed by atoms with Crippen LogP contribution in [0.25, 0.3) is 0 Å². The van der Waals surface area contributed by atoms with Crippen molar-refractivity contribution in [2.45, 2.75) is 45.7 Å². The Kier molecular flexibility index (Phi) is 5.93. The monoisotopic (exact) mass is 407 g/mol. The lowest BCUT2D eigenvalue weighted by molar-refractivity contribution is 0.0656. The van der Waals surface area contributed by atoms with Crippen LogP contribution in [0.2, 0.25) is 0 Å². The molecule has 0 aromatic heterocycles. The number of amides is 2. The Balaban J connectivity index is 1.59. The molecule has 2 aromatic rings. The maximum absolute atomic E-state index is 13.1. The smallest absolute Gasteiger partial charge is 0.257 e. The summed E-state index contributed by atoms with van der Waals surface area (Å²) < 4.78 is 5.44. The van der Waals surface area contributed by atoms with Gasteiger partial charge in [-0.2, -0.15) is 0 Å². The predicted octanol–water partition coefficient (Wildman–Crippen LogP) is 4.52. The summed E-state index contributed by atoms with van der Waals surface area (Å²) in [5.41, 5.74) is 2.81. The van der Waals surface area contributed by atoms with Gasteiger partial charge < -0.3 is 19.9 Å². The van der Waals surface area contributed by atoms with Crippen LogP contribution in [0.4, 0.5) is 11.4 Å². The van der Waals surface area contributed by atoms with Gasteiger partial charge in [-0.1, -0.05) is 6.42 Å². The minimum atomic E-state index is -0.186. The second-order valence-corrected chi connectivity index (χ2v) is 7.76. The molecule has 2 heterocycles. The molecule has 6 nitrogen and oxygen atoms in total. The largest absolute Gasteiger partial charge is 0.494 e. The first-order valence-corrected chi connectivity index (χ1v) is 10.9. The van der Waals surface area contributed by atoms with Crippen LogP contribution in [-0.4, -0.2) is 42.6 Å². The predicted molar refractivity (Wildman–Crippen MR) is 118 cm³/mol. The van der Waals surface area contributed by atoms with Gasteiger partial charge in [0.15, 0.2) is 0 Å². The van der Waals surface area contributed by atoms with Crippen LogP contribution in [0.15, 0.2) is 42.5 Å². The highest BCUT2D eigenvalue weighted by atomic mass is 16.5. The van der Waals surface area contributed by atoms with E-state index in [-0.39, 0.29) is 18.0 Å². The zero-order chi connectivity index (χ0) is 21.1. The zero-order valence-electron chi connectivity index (χ0n) is 17.7. The van der Waals surface area contributed by atoms with Crippen molar-refractivity contribution in [3.63, 3.8) is 0 Å². The lowest BCUT2D eigenvalue weighted by Gasteiger charge is -2.44. The number of hydrogen-bond donors (Lipinski definition) is 1. The van der Waals surface area contributed by atoms with Crippen molar-refractivity contribution in [1.29, 1.82) is 0 Å². The van der Waals surface area contributed by atoms with Gasteiger partial charge in [-0.15, -0.1) is 0 Å². The van der Waals surface area contributed by atoms with Crippen LogP contribution >= 0.6 is 0 Å². The highest BCUT2D eigenvalue weighted by molar-refractivity contribution is 6.08. The number of nitrogens with one attached hydrogen (secondary N) is 1. The van der Waals surface area contributed by atoms with Crippen molar-refractivity contribution in [3.05, 3.63) is 53.6 Å². The number of carbonyl (C=O) groups excluding carboxylic acids is 2. The molecule has 4 rings (SSSR count). The van der Waals surface area contributed by atoms with Gasteiger partial charge in [0.2, 0.25) is 0 Å². The second-order valence-electron chi connectivity index (χ2n) is 7.76. The maximum atomic E-state index is 13.1. The van der Waals surface area contributed by atoms with E-state index in [0.717, 1.165) is 50.2 Å². The molecule has 2 amide bonds. The zero-order valence-corrected chi connectivity index (χ0v) is 17.7. The van der Waals surface area contributed by atoms with Gasteiger partial charge in [-0.25, -0.2) is 0 Å². The summed E-state index contributed by atoms with van der Waals surface area (Å²) in [6.07, 6.45) is 4.39. The molecule has 0 saturated carbocycles. The van der Waals surface area contributed by atoms with Gasteiger partial charge in [0.1, 0.15) is 11.9 Å². The Morgan fingerprint density at radius 3 is 2.63 bits per heavy atom. The quantitative estimate of drug-likeness (QED) is 0.792. The third-order valence-corrected chi connectivity index (χ3v) is 5.91. The van der Waals surface area contributed by atoms with Crippen LogP contribution in [0, 0.1) is 0 Å². The Labute approximate surface area is 177 Å². The molecule has 1 unspecified atom stereocenters. The third kappa shape index (κ3) is 3.86. The SMILES string of the molecule is CCOc1ccc(NC(=O)c2ccc3c(c2)N(CC)C2CCCCCN2C3=O)cc1. The van der Waals surface area contributed by atoms with Crippen molar-refractivity contribution < 1.29 is 14.3 Å². The Bertz CT molecular complexity index is 926. The molecule has 30 heavy (non-hydrogen) atoms. The van der Waals surface area contributed by atoms with E-state index >= 15 is 0 Å². The molecule has 2 aliphatic heterocycles. The summed E-state index contributed by atoms with van der Waals surface area (Å²) in [5, 5.41) is 2.94. The molecule has 6 heteroatoms. The Morgan fingerprint density at radius 1 is 1.10 bits per heavy atom. The number of anilines is 2. The van der Waals surface area contributed by atoms with E-state index in [1.807, 2.05) is 42.2 Å². The number of carbonyl (C=O) groups is 2. The van der Waals surface area contributed by atoms with Gasteiger partial charge in [0.25, 0.3) is 11.8 Å². The molecule has 1 saturated heterocycles. The summed E-state index contributed by atoms with van der Waals surface area (Å²) >= 11 is 0. The molecule has 0 radical (unpaired) electrons. The van der Waals surface area contributed by atoms with E-state index < -0.39 is 0 Å². The molecule has 1 atom stereocenters. The van der Waals surface area contributed by atoms with Crippen molar-refractivity contribution in [3.8, 4) is 5.75 Å². The number of fused-ring (bicyclic) bond motifs is 2. The van der Waals surface area contributed by atoms with Crippen LogP contribution in [0.3, 0.4) is 0 Å². The summed E-state index contributed by atoms with van der Waals surface area (Å²) in [6, 6.07) is 12.7. The first-order chi connectivity index (χ1) is 14.6. The fourth-order valence-corrected chi connectivity index (χ4v) is 4.44. The van der Waals surface area contributed by atoms with E-state index in [1.54, 1.807) is 12.1 Å². The van der Waals surface area contributed by atoms with Crippen molar-refractivity contribution in [2.24, 2.45) is 0 Å². The minimum Gasteiger partial charge on any atom is -0.494 e. The van der Waals surface area contributed by atoms with Crippen molar-refractivity contribution in [2.75, 3.05) is 29.9 Å². The lowest BCUT2D eigenvalue weighted by Crippen LogP contribution is -2.55. The average Bonchev–Trinajstić information content (AvgIpc) is 3.02. The third-order valence-electron chi connectivity index (χ3n) is 5.91. The van der Waals surface area contributed by atoms with Crippen molar-refractivity contribution >= 4 is 23.2 Å². The first kappa shape index (κ1) is 20.3. The van der Waals surface area contributed by atoms with Gasteiger partial charge in [0, 0.05) is 24.3 Å². The van der Waals surface area contributed by atoms with E-state index in [4.69, 9.17) is 4.74 Å². The Morgan fingerprint density at radius 2 is 1.90 bits per heavy atom. The number of ether oxygens (including phenoxy) is 1. The highest BCUT2D eigenvalue weighted by Gasteiger charge is 2.37. The van der Waals surface area contributed by atoms with E-state index in [0.29, 0.717) is 23.4 Å². The summed E-state index contributed by atoms with van der Waals surface area (Å²) in [6.45, 7) is 6.25. The average molecular weight is 408 g/mol. The molecule has 2 aromatic carbocycles. The molecular weight excluding hydrogens is 378 g/mol. The molecule has 0 spiro atoms. The summed E-state index contributed by atoms with van der Waals surface area (Å²) in [5.74, 6) is 0.670. The van der Waals surface area contributed by atoms with Gasteiger partial charge >= 0.3 is 0 Å². The second kappa shape index (κ2) is 8.78. The van der Waals surface area contributed by atoms with Crippen LogP contribution in [0.1, 0.15) is 60.2 Å².